The van der Waals surface area contributed by atoms with Crippen molar-refractivity contribution in [2.75, 3.05) is 0 Å². The number of carbonyl (C=O) groups is 1. The van der Waals surface area contributed by atoms with Crippen molar-refractivity contribution in [3.8, 4) is 11.1 Å². The number of hydrogen-bond acceptors (Lipinski definition) is 5. The van der Waals surface area contributed by atoms with E-state index in [0.29, 0.717) is 6.42 Å². The van der Waals surface area contributed by atoms with E-state index in [1.165, 1.54) is 0 Å². The number of benzene rings is 1. The van der Waals surface area contributed by atoms with Gasteiger partial charge in [-0.3, -0.25) is 9.48 Å². The molecule has 5 rings (SSSR count). The zero-order valence-electron chi connectivity index (χ0n) is 18.9. The molecular weight excluding hydrogens is 386 g/mol. The number of nitrogens with one attached hydrogen (secondary N) is 1. The molecule has 31 heavy (non-hydrogen) atoms. The highest BCUT2D eigenvalue weighted by Crippen LogP contribution is 2.54. The van der Waals surface area contributed by atoms with E-state index in [0.717, 1.165) is 52.1 Å². The number of hydrogen-bond donors (Lipinski definition) is 1. The van der Waals surface area contributed by atoms with Gasteiger partial charge in [0.2, 0.25) is 0 Å². The quantitative estimate of drug-likeness (QED) is 0.770. The first-order valence-electron chi connectivity index (χ1n) is 11.0. The van der Waals surface area contributed by atoms with Gasteiger partial charge in [-0.15, -0.1) is 0 Å². The van der Waals surface area contributed by atoms with Crippen LogP contribution in [-0.4, -0.2) is 21.7 Å². The summed E-state index contributed by atoms with van der Waals surface area (Å²) in [6, 6.07) is 8.59. The van der Waals surface area contributed by atoms with Gasteiger partial charge in [0.15, 0.2) is 11.9 Å². The van der Waals surface area contributed by atoms with Gasteiger partial charge in [-0.05, 0) is 42.4 Å². The lowest BCUT2D eigenvalue weighted by Gasteiger charge is -2.47. The number of nitrogens with zero attached hydrogens (tertiary/aromatic N) is 4. The Morgan fingerprint density at radius 1 is 1.26 bits per heavy atom. The lowest BCUT2D eigenvalue weighted by Crippen LogP contribution is -2.51. The molecule has 0 bridgehead atoms. The second-order valence-electron chi connectivity index (χ2n) is 9.80. The number of rotatable bonds is 3. The van der Waals surface area contributed by atoms with Crippen molar-refractivity contribution in [1.82, 2.24) is 15.1 Å². The van der Waals surface area contributed by atoms with Crippen LogP contribution in [0.3, 0.4) is 0 Å². The highest BCUT2D eigenvalue weighted by Gasteiger charge is 2.52. The largest absolute Gasteiger partial charge is 0.362 e. The van der Waals surface area contributed by atoms with Crippen LogP contribution in [-0.2, 0) is 17.3 Å². The molecule has 0 saturated carbocycles. The Balaban J connectivity index is 1.74. The standard InChI is InChI=1S/C25H29N5O/c1-6-25(17-9-7-8-16(10-17)18-14-30(5)29-15(18)2)19-13-26-28-23(19)27-20-11-24(3,4)12-21(31)22(20)25/h7-10,13-14,23,27H,6,11-12H2,1-5H3. The number of fused-ring (bicyclic) bond motifs is 1. The molecule has 2 aromatic rings. The molecule has 0 radical (unpaired) electrons. The first kappa shape index (κ1) is 19.9. The second-order valence-corrected chi connectivity index (χ2v) is 9.80. The van der Waals surface area contributed by atoms with Gasteiger partial charge in [0, 0.05) is 42.1 Å². The summed E-state index contributed by atoms with van der Waals surface area (Å²) >= 11 is 0. The molecule has 1 aromatic heterocycles. The van der Waals surface area contributed by atoms with Gasteiger partial charge >= 0.3 is 0 Å². The van der Waals surface area contributed by atoms with Gasteiger partial charge in [-0.1, -0.05) is 39.0 Å². The van der Waals surface area contributed by atoms with Crippen LogP contribution < -0.4 is 5.32 Å². The molecule has 1 N–H and O–H groups in total. The Kier molecular flexibility index (Phi) is 4.33. The molecule has 0 amide bonds. The third-order valence-corrected chi connectivity index (χ3v) is 6.99. The average Bonchev–Trinajstić information content (AvgIpc) is 3.31. The smallest absolute Gasteiger partial charge is 0.164 e. The minimum Gasteiger partial charge on any atom is -0.362 e. The first-order chi connectivity index (χ1) is 14.7. The fourth-order valence-electron chi connectivity index (χ4n) is 5.73. The van der Waals surface area contributed by atoms with E-state index >= 15 is 0 Å². The molecule has 2 aliphatic heterocycles. The lowest BCUT2D eigenvalue weighted by molar-refractivity contribution is -0.119. The molecule has 6 heteroatoms. The fraction of sp³-hybridized carbons (Fsp3) is 0.440. The SMILES string of the molecule is CCC1(c2cccc(-c3cn(C)nc3C)c2)C2=CN=NC2NC2=C1C(=O)CC(C)(C)C2. The topological polar surface area (TPSA) is 71.6 Å². The summed E-state index contributed by atoms with van der Waals surface area (Å²) in [5.74, 6) is 0.231. The van der Waals surface area contributed by atoms with Crippen LogP contribution in [0.4, 0.5) is 0 Å². The van der Waals surface area contributed by atoms with Crippen LogP contribution in [0.25, 0.3) is 11.1 Å². The van der Waals surface area contributed by atoms with Crippen molar-refractivity contribution in [2.24, 2.45) is 22.7 Å². The summed E-state index contributed by atoms with van der Waals surface area (Å²) in [5, 5.41) is 16.8. The highest BCUT2D eigenvalue weighted by atomic mass is 16.1. The highest BCUT2D eigenvalue weighted by molar-refractivity contribution is 6.01. The predicted octanol–water partition coefficient (Wildman–Crippen LogP) is 4.97. The molecule has 2 atom stereocenters. The Morgan fingerprint density at radius 3 is 2.77 bits per heavy atom. The third kappa shape index (κ3) is 2.92. The second kappa shape index (κ2) is 6.74. The van der Waals surface area contributed by atoms with Gasteiger partial charge in [0.1, 0.15) is 0 Å². The van der Waals surface area contributed by atoms with Crippen LogP contribution in [0.1, 0.15) is 51.3 Å². The molecule has 1 aromatic carbocycles. The molecule has 160 valence electrons. The first-order valence-corrected chi connectivity index (χ1v) is 11.0. The number of carbonyl (C=O) groups excluding carboxylic acids is 1. The van der Waals surface area contributed by atoms with Crippen molar-refractivity contribution in [1.29, 1.82) is 0 Å². The summed E-state index contributed by atoms with van der Waals surface area (Å²) in [5.41, 5.74) is 6.78. The summed E-state index contributed by atoms with van der Waals surface area (Å²) in [6.07, 6.45) is 5.89. The Hall–Kier alpha value is -3.02. The van der Waals surface area contributed by atoms with Gasteiger partial charge in [-0.25, -0.2) is 0 Å². The van der Waals surface area contributed by atoms with E-state index < -0.39 is 5.41 Å². The molecule has 2 unspecified atom stereocenters. The summed E-state index contributed by atoms with van der Waals surface area (Å²) in [7, 11) is 1.94. The van der Waals surface area contributed by atoms with E-state index in [-0.39, 0.29) is 17.4 Å². The zero-order valence-corrected chi connectivity index (χ0v) is 18.9. The molecule has 1 aliphatic carbocycles. The van der Waals surface area contributed by atoms with Crippen LogP contribution in [0.15, 0.2) is 63.7 Å². The maximum absolute atomic E-state index is 13.6. The van der Waals surface area contributed by atoms with Crippen LogP contribution in [0.5, 0.6) is 0 Å². The maximum atomic E-state index is 13.6. The third-order valence-electron chi connectivity index (χ3n) is 6.99. The molecule has 0 saturated heterocycles. The average molecular weight is 416 g/mol. The van der Waals surface area contributed by atoms with E-state index in [2.05, 4.69) is 71.9 Å². The minimum absolute atomic E-state index is 0.0615. The zero-order chi connectivity index (χ0) is 22.0. The number of azo groups is 1. The number of aromatic nitrogens is 2. The van der Waals surface area contributed by atoms with Gasteiger partial charge in [-0.2, -0.15) is 15.3 Å². The van der Waals surface area contributed by atoms with Crippen LogP contribution in [0, 0.1) is 12.3 Å². The lowest BCUT2D eigenvalue weighted by atomic mass is 9.58. The van der Waals surface area contributed by atoms with Crippen molar-refractivity contribution in [3.63, 3.8) is 0 Å². The monoisotopic (exact) mass is 415 g/mol. The number of ketones is 1. The summed E-state index contributed by atoms with van der Waals surface area (Å²) in [4.78, 5) is 13.6. The van der Waals surface area contributed by atoms with E-state index in [9.17, 15) is 4.79 Å². The van der Waals surface area contributed by atoms with Crippen molar-refractivity contribution < 1.29 is 4.79 Å². The number of Topliss-reactive ketones (excluding diaryl/α,β-unsaturated/α-hetero) is 1. The van der Waals surface area contributed by atoms with E-state index in [4.69, 9.17) is 0 Å². The minimum atomic E-state index is -0.519. The number of allylic oxidation sites excluding steroid dienone is 2. The summed E-state index contributed by atoms with van der Waals surface area (Å²) in [6.45, 7) is 8.53. The molecule has 6 nitrogen and oxygen atoms in total. The van der Waals surface area contributed by atoms with E-state index in [1.54, 1.807) is 0 Å². The van der Waals surface area contributed by atoms with Crippen LogP contribution in [0.2, 0.25) is 0 Å². The fourth-order valence-corrected chi connectivity index (χ4v) is 5.73. The van der Waals surface area contributed by atoms with Crippen LogP contribution >= 0.6 is 0 Å². The normalized spacial score (nSPS) is 26.4. The Morgan fingerprint density at radius 2 is 2.06 bits per heavy atom. The molecule has 3 heterocycles. The Labute approximate surface area is 183 Å². The molecule has 3 aliphatic rings. The Bertz CT molecular complexity index is 1180. The maximum Gasteiger partial charge on any atom is 0.164 e. The molecule has 0 fully saturated rings. The van der Waals surface area contributed by atoms with Crippen molar-refractivity contribution in [2.45, 2.75) is 58.5 Å². The number of aryl methyl sites for hydroxylation is 2. The van der Waals surface area contributed by atoms with Gasteiger partial charge in [0.25, 0.3) is 0 Å². The summed E-state index contributed by atoms with van der Waals surface area (Å²) < 4.78 is 1.85. The van der Waals surface area contributed by atoms with E-state index in [1.807, 2.05) is 24.9 Å². The van der Waals surface area contributed by atoms with Crippen molar-refractivity contribution >= 4 is 5.78 Å². The van der Waals surface area contributed by atoms with Crippen molar-refractivity contribution in [3.05, 3.63) is 64.8 Å². The van der Waals surface area contributed by atoms with Gasteiger partial charge < -0.3 is 5.32 Å². The van der Waals surface area contributed by atoms with Gasteiger partial charge in [0.05, 0.1) is 17.3 Å². The molecular formula is C25H29N5O. The molecule has 0 spiro atoms. The predicted molar refractivity (Wildman–Crippen MR) is 120 cm³/mol.